The van der Waals surface area contributed by atoms with Gasteiger partial charge in [-0.3, -0.25) is 14.6 Å². The van der Waals surface area contributed by atoms with Crippen molar-refractivity contribution in [2.45, 2.75) is 0 Å². The van der Waals surface area contributed by atoms with Gasteiger partial charge >= 0.3 is 0 Å². The summed E-state index contributed by atoms with van der Waals surface area (Å²) in [6.07, 6.45) is 4.68. The Labute approximate surface area is 124 Å². The van der Waals surface area contributed by atoms with E-state index in [0.29, 0.717) is 11.3 Å². The van der Waals surface area contributed by atoms with Gasteiger partial charge in [0, 0.05) is 16.2 Å². The fraction of sp³-hybridized carbons (Fsp3) is 0. The first-order valence-corrected chi connectivity index (χ1v) is 6.59. The summed E-state index contributed by atoms with van der Waals surface area (Å²) < 4.78 is 0.820. The normalized spacial score (nSPS) is 10.7. The predicted octanol–water partition coefficient (Wildman–Crippen LogP) is 2.84. The predicted molar refractivity (Wildman–Crippen MR) is 80.3 cm³/mol. The third-order valence-electron chi connectivity index (χ3n) is 2.60. The molecule has 2 N–H and O–H groups in total. The lowest BCUT2D eigenvalue weighted by Gasteiger charge is -1.97. The third-order valence-corrected chi connectivity index (χ3v) is 3.07. The van der Waals surface area contributed by atoms with E-state index < -0.39 is 5.91 Å². The Balaban J connectivity index is 2.10. The highest BCUT2D eigenvalue weighted by molar-refractivity contribution is 9.10. The lowest BCUT2D eigenvalue weighted by atomic mass is 10.1. The van der Waals surface area contributed by atoms with Gasteiger partial charge in [-0.1, -0.05) is 18.2 Å². The van der Waals surface area contributed by atoms with Crippen LogP contribution in [0.3, 0.4) is 0 Å². The smallest absolute Gasteiger partial charge is 0.248 e. The monoisotopic (exact) mass is 330 g/mol. The number of aromatic nitrogens is 1. The van der Waals surface area contributed by atoms with E-state index >= 15 is 0 Å². The van der Waals surface area contributed by atoms with E-state index in [4.69, 9.17) is 5.73 Å². The van der Waals surface area contributed by atoms with Crippen molar-refractivity contribution < 1.29 is 9.59 Å². The van der Waals surface area contributed by atoms with E-state index in [2.05, 4.69) is 20.9 Å². The molecule has 20 heavy (non-hydrogen) atoms. The summed E-state index contributed by atoms with van der Waals surface area (Å²) in [7, 11) is 0. The number of primary amides is 1. The lowest BCUT2D eigenvalue weighted by molar-refractivity contribution is 0.0998. The van der Waals surface area contributed by atoms with Gasteiger partial charge in [0.15, 0.2) is 0 Å². The van der Waals surface area contributed by atoms with Gasteiger partial charge in [0.05, 0.1) is 0 Å². The number of halogens is 1. The van der Waals surface area contributed by atoms with Gasteiger partial charge in [-0.2, -0.15) is 0 Å². The van der Waals surface area contributed by atoms with E-state index in [-0.39, 0.29) is 5.78 Å². The molecular formula is C15H11BrN2O2. The number of pyridine rings is 1. The van der Waals surface area contributed by atoms with Crippen LogP contribution in [0.25, 0.3) is 6.08 Å². The van der Waals surface area contributed by atoms with Gasteiger partial charge in [0.2, 0.25) is 11.7 Å². The van der Waals surface area contributed by atoms with E-state index in [0.717, 1.165) is 10.0 Å². The second kappa shape index (κ2) is 6.25. The van der Waals surface area contributed by atoms with Gasteiger partial charge in [-0.15, -0.1) is 0 Å². The number of ketones is 1. The van der Waals surface area contributed by atoms with Crippen molar-refractivity contribution in [3.8, 4) is 0 Å². The minimum atomic E-state index is -0.476. The number of carbonyl (C=O) groups is 2. The number of hydrogen-bond donors (Lipinski definition) is 1. The molecule has 0 spiro atoms. The Morgan fingerprint density at radius 3 is 2.35 bits per heavy atom. The van der Waals surface area contributed by atoms with Crippen LogP contribution in [-0.2, 0) is 0 Å². The molecule has 1 heterocycles. The standard InChI is InChI=1S/C15H11BrN2O2/c16-12-6-7-13(18-9-12)14(19)8-3-10-1-4-11(5-2-10)15(17)20/h1-9H,(H2,17,20). The van der Waals surface area contributed by atoms with Crippen molar-refractivity contribution in [3.05, 3.63) is 70.0 Å². The molecule has 0 atom stereocenters. The Bertz CT molecular complexity index is 661. The van der Waals surface area contributed by atoms with Gasteiger partial charge in [-0.05, 0) is 51.8 Å². The fourth-order valence-electron chi connectivity index (χ4n) is 1.54. The molecule has 0 bridgehead atoms. The summed E-state index contributed by atoms with van der Waals surface area (Å²) in [4.78, 5) is 26.8. The topological polar surface area (TPSA) is 73.1 Å². The quantitative estimate of drug-likeness (QED) is 0.692. The summed E-state index contributed by atoms with van der Waals surface area (Å²) in [5.74, 6) is -0.660. The Morgan fingerprint density at radius 2 is 1.80 bits per heavy atom. The van der Waals surface area contributed by atoms with E-state index in [1.807, 2.05) is 0 Å². The number of allylic oxidation sites excluding steroid dienone is 1. The van der Waals surface area contributed by atoms with Crippen LogP contribution < -0.4 is 5.73 Å². The molecule has 2 rings (SSSR count). The molecule has 0 saturated carbocycles. The van der Waals surface area contributed by atoms with E-state index in [9.17, 15) is 9.59 Å². The summed E-state index contributed by atoms with van der Waals surface area (Å²) in [6.45, 7) is 0. The second-order valence-electron chi connectivity index (χ2n) is 4.05. The second-order valence-corrected chi connectivity index (χ2v) is 4.96. The van der Waals surface area contributed by atoms with Crippen molar-refractivity contribution in [2.75, 3.05) is 0 Å². The van der Waals surface area contributed by atoms with Crippen LogP contribution in [0.1, 0.15) is 26.4 Å². The minimum Gasteiger partial charge on any atom is -0.366 e. The van der Waals surface area contributed by atoms with Crippen LogP contribution in [0.4, 0.5) is 0 Å². The summed E-state index contributed by atoms with van der Waals surface area (Å²) in [6, 6.07) is 10.1. The largest absolute Gasteiger partial charge is 0.366 e. The minimum absolute atomic E-state index is 0.184. The number of carbonyl (C=O) groups excluding carboxylic acids is 2. The van der Waals surface area contributed by atoms with Gasteiger partial charge in [0.25, 0.3) is 0 Å². The molecule has 0 unspecified atom stereocenters. The maximum absolute atomic E-state index is 11.9. The van der Waals surface area contributed by atoms with Crippen molar-refractivity contribution in [1.29, 1.82) is 0 Å². The van der Waals surface area contributed by atoms with Crippen molar-refractivity contribution in [3.63, 3.8) is 0 Å². The Hall–Kier alpha value is -2.27. The average molecular weight is 331 g/mol. The molecular weight excluding hydrogens is 320 g/mol. The molecule has 4 nitrogen and oxygen atoms in total. The van der Waals surface area contributed by atoms with Crippen LogP contribution in [0.2, 0.25) is 0 Å². The lowest BCUT2D eigenvalue weighted by Crippen LogP contribution is -2.10. The molecule has 100 valence electrons. The number of hydrogen-bond acceptors (Lipinski definition) is 3. The van der Waals surface area contributed by atoms with Gasteiger partial charge in [-0.25, -0.2) is 0 Å². The number of benzene rings is 1. The number of amides is 1. The summed E-state index contributed by atoms with van der Waals surface area (Å²) in [5.41, 5.74) is 6.76. The first-order valence-electron chi connectivity index (χ1n) is 5.80. The molecule has 0 aliphatic heterocycles. The highest BCUT2D eigenvalue weighted by Crippen LogP contribution is 2.10. The summed E-state index contributed by atoms with van der Waals surface area (Å²) >= 11 is 3.26. The highest BCUT2D eigenvalue weighted by Gasteiger charge is 2.03. The maximum Gasteiger partial charge on any atom is 0.248 e. The molecule has 0 fully saturated rings. The number of nitrogens with zero attached hydrogens (tertiary/aromatic N) is 1. The third kappa shape index (κ3) is 3.61. The molecule has 0 saturated heterocycles. The first-order chi connectivity index (χ1) is 9.56. The average Bonchev–Trinajstić information content (AvgIpc) is 2.46. The van der Waals surface area contributed by atoms with Crippen LogP contribution in [-0.4, -0.2) is 16.7 Å². The van der Waals surface area contributed by atoms with Crippen LogP contribution in [0, 0.1) is 0 Å². The van der Waals surface area contributed by atoms with Gasteiger partial charge < -0.3 is 5.73 Å². The zero-order valence-corrected chi connectivity index (χ0v) is 12.0. The van der Waals surface area contributed by atoms with Crippen LogP contribution in [0.15, 0.2) is 53.1 Å². The molecule has 0 radical (unpaired) electrons. The zero-order chi connectivity index (χ0) is 14.5. The highest BCUT2D eigenvalue weighted by atomic mass is 79.9. The van der Waals surface area contributed by atoms with Crippen molar-refractivity contribution >= 4 is 33.7 Å². The summed E-state index contributed by atoms with van der Waals surface area (Å²) in [5, 5.41) is 0. The molecule has 2 aromatic rings. The van der Waals surface area contributed by atoms with Crippen LogP contribution in [0.5, 0.6) is 0 Å². The number of rotatable bonds is 4. The first kappa shape index (κ1) is 14.1. The van der Waals surface area contributed by atoms with Crippen molar-refractivity contribution in [1.82, 2.24) is 4.98 Å². The zero-order valence-electron chi connectivity index (χ0n) is 10.4. The molecule has 0 aliphatic rings. The van der Waals surface area contributed by atoms with Gasteiger partial charge in [0.1, 0.15) is 5.69 Å². The molecule has 1 aromatic carbocycles. The van der Waals surface area contributed by atoms with E-state index in [1.165, 1.54) is 6.08 Å². The number of nitrogens with two attached hydrogens (primary N) is 1. The molecule has 1 aromatic heterocycles. The SMILES string of the molecule is NC(=O)c1ccc(C=CC(=O)c2ccc(Br)cn2)cc1. The maximum atomic E-state index is 11.9. The Kier molecular flexibility index (Phi) is 4.42. The molecule has 1 amide bonds. The van der Waals surface area contributed by atoms with Crippen LogP contribution >= 0.6 is 15.9 Å². The Morgan fingerprint density at radius 1 is 1.10 bits per heavy atom. The molecule has 5 heteroatoms. The molecule has 0 aliphatic carbocycles. The van der Waals surface area contributed by atoms with E-state index in [1.54, 1.807) is 48.7 Å². The fourth-order valence-corrected chi connectivity index (χ4v) is 1.77. The van der Waals surface area contributed by atoms with Crippen molar-refractivity contribution in [2.24, 2.45) is 5.73 Å².